The molecular weight excluding hydrogens is 454 g/mol. The van der Waals surface area contributed by atoms with Crippen molar-refractivity contribution in [1.29, 1.82) is 0 Å². The lowest BCUT2D eigenvalue weighted by atomic mass is 10.2. The fourth-order valence-electron chi connectivity index (χ4n) is 3.32. The van der Waals surface area contributed by atoms with Crippen LogP contribution in [0.4, 0.5) is 10.6 Å². The number of rotatable bonds is 5. The van der Waals surface area contributed by atoms with Crippen LogP contribution in [0.25, 0.3) is 10.2 Å². The van der Waals surface area contributed by atoms with Crippen molar-refractivity contribution in [3.05, 3.63) is 47.6 Å². The molecule has 0 atom stereocenters. The molecule has 2 amide bonds. The molecule has 0 saturated carbocycles. The highest BCUT2D eigenvalue weighted by Crippen LogP contribution is 2.24. The maximum Gasteiger partial charge on any atom is 0.409 e. The lowest BCUT2D eigenvalue weighted by Gasteiger charge is -2.33. The Hall–Kier alpha value is -3.09. The summed E-state index contributed by atoms with van der Waals surface area (Å²) in [5, 5.41) is 5.35. The third-order valence-electron chi connectivity index (χ3n) is 5.01. The molecule has 168 valence electrons. The van der Waals surface area contributed by atoms with Gasteiger partial charge in [0, 0.05) is 31.7 Å². The molecule has 1 fully saturated rings. The van der Waals surface area contributed by atoms with E-state index in [2.05, 4.69) is 15.3 Å². The number of carbonyl (C=O) groups is 2. The van der Waals surface area contributed by atoms with Crippen LogP contribution < -0.4 is 5.32 Å². The van der Waals surface area contributed by atoms with Gasteiger partial charge in [0.25, 0.3) is 5.91 Å². The molecule has 3 aromatic rings. The van der Waals surface area contributed by atoms with Gasteiger partial charge in [-0.3, -0.25) is 4.79 Å². The van der Waals surface area contributed by atoms with Crippen molar-refractivity contribution in [3.63, 3.8) is 0 Å². The summed E-state index contributed by atoms with van der Waals surface area (Å²) in [5.41, 5.74) is 0.304. The third-order valence-corrected chi connectivity index (χ3v) is 7.75. The van der Waals surface area contributed by atoms with E-state index >= 15 is 0 Å². The molecule has 0 radical (unpaired) electrons. The first kappa shape index (κ1) is 22.1. The molecule has 1 saturated heterocycles. The van der Waals surface area contributed by atoms with Crippen LogP contribution in [0.3, 0.4) is 0 Å². The van der Waals surface area contributed by atoms with Gasteiger partial charge < -0.3 is 15.0 Å². The van der Waals surface area contributed by atoms with Crippen molar-refractivity contribution in [2.75, 3.05) is 38.1 Å². The van der Waals surface area contributed by atoms with E-state index in [4.69, 9.17) is 4.74 Å². The number of aromatic nitrogens is 2. The monoisotopic (exact) mass is 475 g/mol. The summed E-state index contributed by atoms with van der Waals surface area (Å²) in [7, 11) is -3.74. The van der Waals surface area contributed by atoms with E-state index in [1.54, 1.807) is 6.92 Å². The van der Waals surface area contributed by atoms with Crippen molar-refractivity contribution in [2.45, 2.75) is 11.8 Å². The van der Waals surface area contributed by atoms with Gasteiger partial charge in [-0.15, -0.1) is 11.3 Å². The minimum absolute atomic E-state index is 0.0842. The Kier molecular flexibility index (Phi) is 6.35. The molecule has 10 nitrogen and oxygen atoms in total. The van der Waals surface area contributed by atoms with E-state index in [0.29, 0.717) is 11.4 Å². The molecule has 1 aliphatic heterocycles. The zero-order valence-electron chi connectivity index (χ0n) is 17.2. The number of amides is 2. The SMILES string of the molecule is CCOC(=O)N1CCN(S(=O)(=O)c2ccc(C(=O)Nc3ncnc4sccc34)cc2)CC1. The van der Waals surface area contributed by atoms with Crippen LogP contribution in [-0.2, 0) is 14.8 Å². The second-order valence-corrected chi connectivity index (χ2v) is 9.76. The standard InChI is InChI=1S/C20H21N5O5S2/c1-2-30-20(27)24-8-10-25(11-9-24)32(28,29)15-5-3-14(4-6-15)18(26)23-17-16-7-12-31-19(16)22-13-21-17/h3-7,12-13H,2,8-11H2,1H3,(H,21,22,23,26). The fourth-order valence-corrected chi connectivity index (χ4v) is 5.48. The van der Waals surface area contributed by atoms with Gasteiger partial charge in [-0.2, -0.15) is 4.31 Å². The van der Waals surface area contributed by atoms with E-state index in [-0.39, 0.29) is 37.7 Å². The van der Waals surface area contributed by atoms with Crippen LogP contribution in [0.5, 0.6) is 0 Å². The second kappa shape index (κ2) is 9.18. The molecule has 0 bridgehead atoms. The number of anilines is 1. The number of sulfonamides is 1. The maximum absolute atomic E-state index is 13.0. The maximum atomic E-state index is 13.0. The number of thiophene rings is 1. The average molecular weight is 476 g/mol. The van der Waals surface area contributed by atoms with Gasteiger partial charge in [0.05, 0.1) is 16.9 Å². The Balaban J connectivity index is 1.43. The van der Waals surface area contributed by atoms with Gasteiger partial charge in [-0.05, 0) is 42.6 Å². The predicted octanol–water partition coefficient (Wildman–Crippen LogP) is 2.41. The highest BCUT2D eigenvalue weighted by molar-refractivity contribution is 7.89. The van der Waals surface area contributed by atoms with E-state index in [1.165, 1.54) is 51.1 Å². The Bertz CT molecular complexity index is 1230. The minimum Gasteiger partial charge on any atom is -0.450 e. The molecule has 2 aromatic heterocycles. The smallest absolute Gasteiger partial charge is 0.409 e. The number of nitrogens with zero attached hydrogens (tertiary/aromatic N) is 4. The van der Waals surface area contributed by atoms with Crippen LogP contribution in [0.1, 0.15) is 17.3 Å². The molecule has 32 heavy (non-hydrogen) atoms. The molecule has 0 spiro atoms. The van der Waals surface area contributed by atoms with Crippen molar-refractivity contribution >= 4 is 49.4 Å². The fraction of sp³-hybridized carbons (Fsp3) is 0.300. The highest BCUT2D eigenvalue weighted by Gasteiger charge is 2.30. The van der Waals surface area contributed by atoms with Gasteiger partial charge in [0.1, 0.15) is 17.0 Å². The van der Waals surface area contributed by atoms with Crippen LogP contribution >= 0.6 is 11.3 Å². The predicted molar refractivity (Wildman–Crippen MR) is 119 cm³/mol. The van der Waals surface area contributed by atoms with E-state index in [9.17, 15) is 18.0 Å². The zero-order chi connectivity index (χ0) is 22.7. The number of hydrogen-bond donors (Lipinski definition) is 1. The van der Waals surface area contributed by atoms with Gasteiger partial charge >= 0.3 is 6.09 Å². The van der Waals surface area contributed by atoms with E-state index < -0.39 is 22.0 Å². The van der Waals surface area contributed by atoms with Gasteiger partial charge in [-0.25, -0.2) is 23.2 Å². The first-order chi connectivity index (χ1) is 15.4. The molecule has 0 unspecified atom stereocenters. The second-order valence-electron chi connectivity index (χ2n) is 6.93. The number of piperazine rings is 1. The molecular formula is C20H21N5O5S2. The Morgan fingerprint density at radius 1 is 1.09 bits per heavy atom. The first-order valence-electron chi connectivity index (χ1n) is 9.91. The number of hydrogen-bond acceptors (Lipinski definition) is 8. The third kappa shape index (κ3) is 4.42. The molecule has 1 N–H and O–H groups in total. The Morgan fingerprint density at radius 3 is 2.50 bits per heavy atom. The summed E-state index contributed by atoms with van der Waals surface area (Å²) in [6, 6.07) is 7.56. The quantitative estimate of drug-likeness (QED) is 0.601. The summed E-state index contributed by atoms with van der Waals surface area (Å²) >= 11 is 1.44. The van der Waals surface area contributed by atoms with Crippen LogP contribution in [0.15, 0.2) is 46.9 Å². The summed E-state index contributed by atoms with van der Waals surface area (Å²) < 4.78 is 32.2. The van der Waals surface area contributed by atoms with Crippen molar-refractivity contribution in [3.8, 4) is 0 Å². The molecule has 3 heterocycles. The van der Waals surface area contributed by atoms with Crippen molar-refractivity contribution in [2.24, 2.45) is 0 Å². The van der Waals surface area contributed by atoms with Gasteiger partial charge in [0.15, 0.2) is 0 Å². The van der Waals surface area contributed by atoms with Crippen LogP contribution in [-0.4, -0.2) is 72.4 Å². The summed E-state index contributed by atoms with van der Waals surface area (Å²) in [5.74, 6) is 0.000572. The number of benzene rings is 1. The lowest BCUT2D eigenvalue weighted by molar-refractivity contribution is 0.0933. The lowest BCUT2D eigenvalue weighted by Crippen LogP contribution is -2.50. The summed E-state index contributed by atoms with van der Waals surface area (Å²) in [6.45, 7) is 2.86. The molecule has 1 aromatic carbocycles. The molecule has 12 heteroatoms. The summed E-state index contributed by atoms with van der Waals surface area (Å²) in [4.78, 5) is 35.0. The number of ether oxygens (including phenoxy) is 1. The highest BCUT2D eigenvalue weighted by atomic mass is 32.2. The Morgan fingerprint density at radius 2 is 1.81 bits per heavy atom. The van der Waals surface area contributed by atoms with E-state index in [1.807, 2.05) is 11.4 Å². The number of fused-ring (bicyclic) bond motifs is 1. The normalized spacial score (nSPS) is 15.0. The number of nitrogens with one attached hydrogen (secondary N) is 1. The van der Waals surface area contributed by atoms with Gasteiger partial charge in [-0.1, -0.05) is 0 Å². The van der Waals surface area contributed by atoms with Crippen molar-refractivity contribution < 1.29 is 22.7 Å². The minimum atomic E-state index is -3.74. The Labute approximate surface area is 188 Å². The molecule has 4 rings (SSSR count). The average Bonchev–Trinajstić information content (AvgIpc) is 3.29. The topological polar surface area (TPSA) is 122 Å². The van der Waals surface area contributed by atoms with Crippen LogP contribution in [0, 0.1) is 0 Å². The van der Waals surface area contributed by atoms with Gasteiger partial charge in [0.2, 0.25) is 10.0 Å². The largest absolute Gasteiger partial charge is 0.450 e. The molecule has 0 aliphatic carbocycles. The summed E-state index contributed by atoms with van der Waals surface area (Å²) in [6.07, 6.45) is 0.939. The number of carbonyl (C=O) groups excluding carboxylic acids is 2. The molecule has 1 aliphatic rings. The van der Waals surface area contributed by atoms with E-state index in [0.717, 1.165) is 10.2 Å². The first-order valence-corrected chi connectivity index (χ1v) is 12.2. The zero-order valence-corrected chi connectivity index (χ0v) is 18.9. The van der Waals surface area contributed by atoms with Crippen molar-refractivity contribution in [1.82, 2.24) is 19.2 Å². The van der Waals surface area contributed by atoms with Crippen LogP contribution in [0.2, 0.25) is 0 Å².